The Kier molecular flexibility index (Phi) is 5.24. The molecule has 3 aromatic rings. The molecule has 0 bridgehead atoms. The largest absolute Gasteiger partial charge is 0.367 e. The van der Waals surface area contributed by atoms with Crippen molar-refractivity contribution in [2.45, 2.75) is 25.8 Å². The molecule has 0 saturated carbocycles. The summed E-state index contributed by atoms with van der Waals surface area (Å²) in [6.45, 7) is 3.21. The van der Waals surface area contributed by atoms with Crippen LogP contribution in [0.3, 0.4) is 0 Å². The first-order valence-corrected chi connectivity index (χ1v) is 9.55. The number of hydrogen-bond donors (Lipinski definition) is 2. The van der Waals surface area contributed by atoms with E-state index >= 15 is 0 Å². The average Bonchev–Trinajstić information content (AvgIpc) is 3.16. The number of benzene rings is 1. The number of anilines is 2. The minimum atomic E-state index is -0.579. The fraction of sp³-hybridized carbons (Fsp3) is 0.286. The van der Waals surface area contributed by atoms with E-state index in [0.717, 1.165) is 23.7 Å². The quantitative estimate of drug-likeness (QED) is 0.691. The van der Waals surface area contributed by atoms with Crippen molar-refractivity contribution in [3.63, 3.8) is 0 Å². The fourth-order valence-corrected chi connectivity index (χ4v) is 3.49. The molecule has 29 heavy (non-hydrogen) atoms. The lowest BCUT2D eigenvalue weighted by atomic mass is 10.2. The van der Waals surface area contributed by atoms with E-state index in [-0.39, 0.29) is 11.6 Å². The van der Waals surface area contributed by atoms with E-state index in [1.807, 2.05) is 24.0 Å². The predicted molar refractivity (Wildman–Crippen MR) is 108 cm³/mol. The summed E-state index contributed by atoms with van der Waals surface area (Å²) in [7, 11) is 0. The molecule has 1 atom stereocenters. The maximum Gasteiger partial charge on any atom is 0.251 e. The molecule has 2 aromatic heterocycles. The van der Waals surface area contributed by atoms with Gasteiger partial charge < -0.3 is 15.2 Å². The molecule has 1 aliphatic heterocycles. The van der Waals surface area contributed by atoms with Gasteiger partial charge in [0.05, 0.1) is 5.69 Å². The van der Waals surface area contributed by atoms with Crippen LogP contribution in [0.1, 0.15) is 19.0 Å². The Bertz CT molecular complexity index is 1070. The third-order valence-corrected chi connectivity index (χ3v) is 4.98. The van der Waals surface area contributed by atoms with Gasteiger partial charge >= 0.3 is 0 Å². The van der Waals surface area contributed by atoms with Gasteiger partial charge in [0.25, 0.3) is 5.56 Å². The van der Waals surface area contributed by atoms with Crippen molar-refractivity contribution in [3.8, 4) is 11.4 Å². The number of aromatic nitrogens is 3. The topological polar surface area (TPSA) is 73.9 Å². The summed E-state index contributed by atoms with van der Waals surface area (Å²) in [5, 5.41) is 3.34. The van der Waals surface area contributed by atoms with Crippen LogP contribution in [0.15, 0.2) is 47.4 Å². The summed E-state index contributed by atoms with van der Waals surface area (Å²) in [5.41, 5.74) is 1.67. The van der Waals surface area contributed by atoms with E-state index in [1.54, 1.807) is 6.20 Å². The lowest BCUT2D eigenvalue weighted by Gasteiger charge is -2.20. The van der Waals surface area contributed by atoms with Crippen LogP contribution in [-0.2, 0) is 6.42 Å². The number of halogens is 2. The van der Waals surface area contributed by atoms with Crippen molar-refractivity contribution in [2.75, 3.05) is 23.3 Å². The Morgan fingerprint density at radius 1 is 1.24 bits per heavy atom. The average molecular weight is 397 g/mol. The summed E-state index contributed by atoms with van der Waals surface area (Å²) in [5.74, 6) is 0.0510. The van der Waals surface area contributed by atoms with E-state index in [1.165, 1.54) is 18.2 Å². The molecule has 4 rings (SSSR count). The van der Waals surface area contributed by atoms with Crippen LogP contribution in [0.5, 0.6) is 0 Å². The molecular formula is C21H21F2N5O. The minimum Gasteiger partial charge on any atom is -0.367 e. The Morgan fingerprint density at radius 3 is 2.83 bits per heavy atom. The van der Waals surface area contributed by atoms with Gasteiger partial charge in [0.1, 0.15) is 23.3 Å². The van der Waals surface area contributed by atoms with Gasteiger partial charge in [-0.15, -0.1) is 0 Å². The number of nitrogens with one attached hydrogen (secondary N) is 2. The van der Waals surface area contributed by atoms with Crippen LogP contribution in [0.4, 0.5) is 20.3 Å². The van der Waals surface area contributed by atoms with Gasteiger partial charge in [-0.1, -0.05) is 6.92 Å². The molecule has 1 aromatic carbocycles. The molecular weight excluding hydrogens is 376 g/mol. The summed E-state index contributed by atoms with van der Waals surface area (Å²) < 4.78 is 27.1. The smallest absolute Gasteiger partial charge is 0.251 e. The molecule has 0 spiro atoms. The first kappa shape index (κ1) is 19.0. The molecule has 1 fully saturated rings. The van der Waals surface area contributed by atoms with Crippen LogP contribution in [0.25, 0.3) is 11.4 Å². The summed E-state index contributed by atoms with van der Waals surface area (Å²) in [4.78, 5) is 25.2. The third-order valence-electron chi connectivity index (χ3n) is 4.98. The van der Waals surface area contributed by atoms with Gasteiger partial charge in [0.2, 0.25) is 0 Å². The second-order valence-corrected chi connectivity index (χ2v) is 7.04. The molecule has 1 aliphatic rings. The second-order valence-electron chi connectivity index (χ2n) is 7.04. The normalized spacial score (nSPS) is 16.2. The maximum atomic E-state index is 14.0. The Hall–Kier alpha value is -3.29. The van der Waals surface area contributed by atoms with E-state index in [4.69, 9.17) is 0 Å². The van der Waals surface area contributed by atoms with Gasteiger partial charge in [-0.2, -0.15) is 0 Å². The number of H-pyrrole nitrogens is 1. The molecule has 3 heterocycles. The van der Waals surface area contributed by atoms with Gasteiger partial charge in [0.15, 0.2) is 0 Å². The first-order valence-electron chi connectivity index (χ1n) is 9.55. The van der Waals surface area contributed by atoms with Crippen molar-refractivity contribution in [1.82, 2.24) is 15.0 Å². The van der Waals surface area contributed by atoms with Gasteiger partial charge in [0, 0.05) is 48.7 Å². The molecule has 6 nitrogen and oxygen atoms in total. The Balaban J connectivity index is 1.43. The number of pyridine rings is 1. The van der Waals surface area contributed by atoms with E-state index < -0.39 is 11.6 Å². The SMILES string of the molecule is CCc1cc(=O)[nH]c(-c2ccc(NC3CCN(c4ccc(F)cc4F)C3)nc2)n1. The molecule has 1 saturated heterocycles. The van der Waals surface area contributed by atoms with Crippen LogP contribution in [0, 0.1) is 11.6 Å². The summed E-state index contributed by atoms with van der Waals surface area (Å²) >= 11 is 0. The third kappa shape index (κ3) is 4.26. The minimum absolute atomic E-state index is 0.0964. The number of nitrogens with zero attached hydrogens (tertiary/aromatic N) is 3. The van der Waals surface area contributed by atoms with Crippen molar-refractivity contribution in [2.24, 2.45) is 0 Å². The summed E-state index contributed by atoms with van der Waals surface area (Å²) in [6, 6.07) is 8.91. The lowest BCUT2D eigenvalue weighted by molar-refractivity contribution is 0.581. The summed E-state index contributed by atoms with van der Waals surface area (Å²) in [6.07, 6.45) is 3.15. The van der Waals surface area contributed by atoms with E-state index in [2.05, 4.69) is 20.3 Å². The van der Waals surface area contributed by atoms with Crippen LogP contribution in [-0.4, -0.2) is 34.1 Å². The van der Waals surface area contributed by atoms with Crippen LogP contribution >= 0.6 is 0 Å². The van der Waals surface area contributed by atoms with Crippen molar-refractivity contribution >= 4 is 11.5 Å². The lowest BCUT2D eigenvalue weighted by Crippen LogP contribution is -2.26. The highest BCUT2D eigenvalue weighted by Gasteiger charge is 2.25. The molecule has 0 radical (unpaired) electrons. The molecule has 1 unspecified atom stereocenters. The number of rotatable bonds is 5. The zero-order valence-electron chi connectivity index (χ0n) is 16.0. The molecule has 0 aliphatic carbocycles. The van der Waals surface area contributed by atoms with Gasteiger partial charge in [-0.05, 0) is 37.1 Å². The predicted octanol–water partition coefficient (Wildman–Crippen LogP) is 3.36. The van der Waals surface area contributed by atoms with E-state index in [9.17, 15) is 13.6 Å². The highest BCUT2D eigenvalue weighted by molar-refractivity contribution is 5.56. The monoisotopic (exact) mass is 397 g/mol. The van der Waals surface area contributed by atoms with Crippen molar-refractivity contribution in [1.29, 1.82) is 0 Å². The van der Waals surface area contributed by atoms with Crippen molar-refractivity contribution in [3.05, 3.63) is 70.3 Å². The fourth-order valence-electron chi connectivity index (χ4n) is 3.49. The van der Waals surface area contributed by atoms with Crippen molar-refractivity contribution < 1.29 is 8.78 Å². The van der Waals surface area contributed by atoms with E-state index in [0.29, 0.717) is 36.8 Å². The van der Waals surface area contributed by atoms with Gasteiger partial charge in [-0.25, -0.2) is 18.7 Å². The second kappa shape index (κ2) is 7.98. The molecule has 0 amide bonds. The Morgan fingerprint density at radius 2 is 2.10 bits per heavy atom. The number of aromatic amines is 1. The highest BCUT2D eigenvalue weighted by Crippen LogP contribution is 2.25. The molecule has 150 valence electrons. The standard InChI is InChI=1S/C21H21F2N5O/c1-2-15-10-20(29)27-21(26-15)13-3-6-19(24-11-13)25-16-7-8-28(12-16)18-5-4-14(22)9-17(18)23/h3-6,9-11,16H,2,7-8,12H2,1H3,(H,24,25)(H,26,27,29). The molecule has 8 heteroatoms. The van der Waals surface area contributed by atoms with Gasteiger partial charge in [-0.3, -0.25) is 4.79 Å². The number of hydrogen-bond acceptors (Lipinski definition) is 5. The van der Waals surface area contributed by atoms with Crippen LogP contribution < -0.4 is 15.8 Å². The highest BCUT2D eigenvalue weighted by atomic mass is 19.1. The zero-order chi connectivity index (χ0) is 20.4. The molecule has 2 N–H and O–H groups in total. The first-order chi connectivity index (χ1) is 14.0. The maximum absolute atomic E-state index is 14.0. The zero-order valence-corrected chi connectivity index (χ0v) is 16.0. The Labute approximate surface area is 166 Å². The van der Waals surface area contributed by atoms with Crippen LogP contribution in [0.2, 0.25) is 0 Å². The number of aryl methyl sites for hydroxylation is 1.